The molecular formula is C18H21ClFN. The fourth-order valence-electron chi connectivity index (χ4n) is 2.38. The first-order valence-corrected chi connectivity index (χ1v) is 7.66. The van der Waals surface area contributed by atoms with Crippen LogP contribution in [-0.2, 0) is 6.42 Å². The lowest BCUT2D eigenvalue weighted by Crippen LogP contribution is -2.29. The third kappa shape index (κ3) is 4.83. The van der Waals surface area contributed by atoms with Gasteiger partial charge in [0.15, 0.2) is 0 Å². The van der Waals surface area contributed by atoms with Crippen LogP contribution in [0.2, 0.25) is 5.02 Å². The van der Waals surface area contributed by atoms with Crippen LogP contribution in [0.15, 0.2) is 48.5 Å². The second-order valence-corrected chi connectivity index (χ2v) is 6.02. The van der Waals surface area contributed by atoms with Crippen LogP contribution in [0, 0.1) is 5.82 Å². The highest BCUT2D eigenvalue weighted by molar-refractivity contribution is 6.31. The van der Waals surface area contributed by atoms with Gasteiger partial charge < -0.3 is 5.32 Å². The van der Waals surface area contributed by atoms with Crippen molar-refractivity contribution < 1.29 is 4.39 Å². The van der Waals surface area contributed by atoms with Crippen molar-refractivity contribution in [2.75, 3.05) is 6.54 Å². The van der Waals surface area contributed by atoms with Crippen LogP contribution in [0.4, 0.5) is 4.39 Å². The molecule has 0 bridgehead atoms. The van der Waals surface area contributed by atoms with Crippen molar-refractivity contribution in [3.05, 3.63) is 70.5 Å². The fraction of sp³-hybridized carbons (Fsp3) is 0.333. The van der Waals surface area contributed by atoms with E-state index in [-0.39, 0.29) is 11.7 Å². The van der Waals surface area contributed by atoms with E-state index in [4.69, 9.17) is 11.6 Å². The molecule has 0 saturated heterocycles. The molecule has 0 aliphatic rings. The summed E-state index contributed by atoms with van der Waals surface area (Å²) in [6.45, 7) is 5.09. The van der Waals surface area contributed by atoms with Crippen LogP contribution in [-0.4, -0.2) is 12.6 Å². The summed E-state index contributed by atoms with van der Waals surface area (Å²) in [5, 5.41) is 4.09. The second-order valence-electron chi connectivity index (χ2n) is 5.61. The number of rotatable bonds is 6. The van der Waals surface area contributed by atoms with Crippen LogP contribution >= 0.6 is 11.6 Å². The highest BCUT2D eigenvalue weighted by atomic mass is 35.5. The molecule has 1 nitrogen and oxygen atoms in total. The van der Waals surface area contributed by atoms with Gasteiger partial charge in [-0.05, 0) is 35.7 Å². The molecule has 112 valence electrons. The smallest absolute Gasteiger partial charge is 0.123 e. The van der Waals surface area contributed by atoms with Crippen LogP contribution in [0.3, 0.4) is 0 Å². The summed E-state index contributed by atoms with van der Waals surface area (Å²) < 4.78 is 13.4. The Morgan fingerprint density at radius 2 is 1.81 bits per heavy atom. The van der Waals surface area contributed by atoms with E-state index in [0.717, 1.165) is 18.5 Å². The van der Waals surface area contributed by atoms with Crippen molar-refractivity contribution in [3.63, 3.8) is 0 Å². The van der Waals surface area contributed by atoms with E-state index < -0.39 is 0 Å². The molecule has 0 aliphatic heterocycles. The van der Waals surface area contributed by atoms with Crippen LogP contribution < -0.4 is 5.32 Å². The van der Waals surface area contributed by atoms with Crippen molar-refractivity contribution in [1.29, 1.82) is 0 Å². The summed E-state index contributed by atoms with van der Waals surface area (Å²) >= 11 is 6.20. The Labute approximate surface area is 131 Å². The topological polar surface area (TPSA) is 12.0 Å². The maximum atomic E-state index is 13.4. The predicted octanol–water partition coefficient (Wildman–Crippen LogP) is 4.80. The zero-order chi connectivity index (χ0) is 15.2. The lowest BCUT2D eigenvalue weighted by atomic mass is 9.91. The molecule has 0 heterocycles. The fourth-order valence-corrected chi connectivity index (χ4v) is 2.57. The summed E-state index contributed by atoms with van der Waals surface area (Å²) in [7, 11) is 0. The first-order chi connectivity index (χ1) is 10.1. The van der Waals surface area contributed by atoms with Gasteiger partial charge in [0.05, 0.1) is 0 Å². The minimum atomic E-state index is -0.238. The monoisotopic (exact) mass is 305 g/mol. The molecule has 1 N–H and O–H groups in total. The Bertz CT molecular complexity index is 569. The molecule has 1 unspecified atom stereocenters. The van der Waals surface area contributed by atoms with Gasteiger partial charge in [-0.25, -0.2) is 4.39 Å². The molecular weight excluding hydrogens is 285 g/mol. The molecule has 3 heteroatoms. The lowest BCUT2D eigenvalue weighted by Gasteiger charge is -2.20. The zero-order valence-corrected chi connectivity index (χ0v) is 13.2. The molecule has 0 fully saturated rings. The number of halogens is 2. The van der Waals surface area contributed by atoms with Gasteiger partial charge in [-0.15, -0.1) is 0 Å². The maximum absolute atomic E-state index is 13.4. The van der Waals surface area contributed by atoms with Gasteiger partial charge in [-0.3, -0.25) is 0 Å². The molecule has 21 heavy (non-hydrogen) atoms. The third-order valence-electron chi connectivity index (χ3n) is 3.52. The molecule has 0 saturated carbocycles. The molecule has 2 aromatic rings. The summed E-state index contributed by atoms with van der Waals surface area (Å²) in [5.74, 6) is 0.0333. The van der Waals surface area contributed by atoms with Gasteiger partial charge in [0, 0.05) is 23.5 Å². The normalized spacial score (nSPS) is 12.6. The molecule has 0 aliphatic carbocycles. The highest BCUT2D eigenvalue weighted by Gasteiger charge is 2.15. The van der Waals surface area contributed by atoms with Gasteiger partial charge in [0.1, 0.15) is 5.82 Å². The standard InChI is InChI=1S/C18H21ClFN/c1-13(2)21-12-16(14-6-4-3-5-7-14)10-15-11-17(20)8-9-18(15)19/h3-9,11,13,16,21H,10,12H2,1-2H3. The SMILES string of the molecule is CC(C)NCC(Cc1cc(F)ccc1Cl)c1ccccc1. The average Bonchev–Trinajstić information content (AvgIpc) is 2.47. The quantitative estimate of drug-likeness (QED) is 0.808. The van der Waals surface area contributed by atoms with Crippen LogP contribution in [0.1, 0.15) is 30.9 Å². The van der Waals surface area contributed by atoms with Crippen LogP contribution in [0.5, 0.6) is 0 Å². The Balaban J connectivity index is 2.21. The highest BCUT2D eigenvalue weighted by Crippen LogP contribution is 2.25. The van der Waals surface area contributed by atoms with Crippen molar-refractivity contribution in [1.82, 2.24) is 5.32 Å². The molecule has 2 rings (SSSR count). The van der Waals surface area contributed by atoms with Crippen molar-refractivity contribution in [2.24, 2.45) is 0 Å². The van der Waals surface area contributed by atoms with E-state index in [9.17, 15) is 4.39 Å². The first kappa shape index (κ1) is 16.0. The minimum absolute atomic E-state index is 0.238. The van der Waals surface area contributed by atoms with Gasteiger partial charge >= 0.3 is 0 Å². The second kappa shape index (κ2) is 7.58. The number of benzene rings is 2. The number of hydrogen-bond acceptors (Lipinski definition) is 1. The lowest BCUT2D eigenvalue weighted by molar-refractivity contribution is 0.525. The van der Waals surface area contributed by atoms with E-state index >= 15 is 0 Å². The Kier molecular flexibility index (Phi) is 5.77. The van der Waals surface area contributed by atoms with Crippen molar-refractivity contribution in [2.45, 2.75) is 32.2 Å². The molecule has 0 amide bonds. The molecule has 2 aromatic carbocycles. The molecule has 0 radical (unpaired) electrons. The number of hydrogen-bond donors (Lipinski definition) is 1. The van der Waals surface area contributed by atoms with E-state index in [1.54, 1.807) is 6.07 Å². The molecule has 0 spiro atoms. The summed E-state index contributed by atoms with van der Waals surface area (Å²) in [4.78, 5) is 0. The zero-order valence-electron chi connectivity index (χ0n) is 12.4. The van der Waals surface area contributed by atoms with Gasteiger partial charge in [0.2, 0.25) is 0 Å². The van der Waals surface area contributed by atoms with Crippen molar-refractivity contribution >= 4 is 11.6 Å². The minimum Gasteiger partial charge on any atom is -0.314 e. The average molecular weight is 306 g/mol. The summed E-state index contributed by atoms with van der Waals surface area (Å²) in [6.07, 6.45) is 0.723. The number of nitrogens with one attached hydrogen (secondary N) is 1. The Morgan fingerprint density at radius 1 is 1.10 bits per heavy atom. The van der Waals surface area contributed by atoms with E-state index in [1.807, 2.05) is 18.2 Å². The van der Waals surface area contributed by atoms with E-state index in [2.05, 4.69) is 31.3 Å². The first-order valence-electron chi connectivity index (χ1n) is 7.28. The van der Waals surface area contributed by atoms with Gasteiger partial charge in [0.25, 0.3) is 0 Å². The summed E-state index contributed by atoms with van der Waals surface area (Å²) in [5.41, 5.74) is 2.10. The molecule has 0 aromatic heterocycles. The largest absolute Gasteiger partial charge is 0.314 e. The van der Waals surface area contributed by atoms with Crippen molar-refractivity contribution in [3.8, 4) is 0 Å². The van der Waals surface area contributed by atoms with Crippen LogP contribution in [0.25, 0.3) is 0 Å². The third-order valence-corrected chi connectivity index (χ3v) is 3.89. The molecule has 1 atom stereocenters. The summed E-state index contributed by atoms with van der Waals surface area (Å²) in [6, 6.07) is 15.3. The van der Waals surface area contributed by atoms with E-state index in [1.165, 1.54) is 17.7 Å². The van der Waals surface area contributed by atoms with Gasteiger partial charge in [-0.2, -0.15) is 0 Å². The maximum Gasteiger partial charge on any atom is 0.123 e. The van der Waals surface area contributed by atoms with Gasteiger partial charge in [-0.1, -0.05) is 55.8 Å². The Morgan fingerprint density at radius 3 is 2.48 bits per heavy atom. The Hall–Kier alpha value is -1.38. The van der Waals surface area contributed by atoms with E-state index in [0.29, 0.717) is 11.1 Å². The predicted molar refractivity (Wildman–Crippen MR) is 87.4 cm³/mol.